The molecule has 4 rings (SSSR count). The molecule has 0 radical (unpaired) electrons. The van der Waals surface area contributed by atoms with Gasteiger partial charge in [0, 0.05) is 38.9 Å². The van der Waals surface area contributed by atoms with Gasteiger partial charge in [0.05, 0.1) is 17.1 Å². The van der Waals surface area contributed by atoms with E-state index in [2.05, 4.69) is 28.6 Å². The summed E-state index contributed by atoms with van der Waals surface area (Å²) in [5, 5.41) is 4.77. The fourth-order valence-corrected chi connectivity index (χ4v) is 4.68. The smallest absolute Gasteiger partial charge is 0.153 e. The van der Waals surface area contributed by atoms with E-state index in [1.165, 1.54) is 63.1 Å². The van der Waals surface area contributed by atoms with Gasteiger partial charge in [-0.2, -0.15) is 5.10 Å². The largest absolute Gasteiger partial charge is 0.366 e. The number of anilines is 1. The number of aryl methyl sites for hydroxylation is 1. The minimum atomic E-state index is 0.898. The number of hydrogen-bond donors (Lipinski definition) is 0. The second-order valence-electron chi connectivity index (χ2n) is 7.91. The van der Waals surface area contributed by atoms with Gasteiger partial charge in [0.2, 0.25) is 0 Å². The fourth-order valence-electron chi connectivity index (χ4n) is 4.68. The van der Waals surface area contributed by atoms with Crippen LogP contribution < -0.4 is 4.90 Å². The first-order valence-electron chi connectivity index (χ1n) is 10.2. The van der Waals surface area contributed by atoms with Gasteiger partial charge in [-0.05, 0) is 44.7 Å². The monoisotopic (exact) mass is 353 g/mol. The molecule has 0 aromatic carbocycles. The maximum atomic E-state index is 4.77. The van der Waals surface area contributed by atoms with E-state index in [0.29, 0.717) is 0 Å². The Morgan fingerprint density at radius 3 is 2.46 bits per heavy atom. The van der Waals surface area contributed by atoms with Crippen LogP contribution >= 0.6 is 0 Å². The molecule has 1 saturated carbocycles. The first kappa shape index (κ1) is 17.5. The minimum absolute atomic E-state index is 0.898. The highest BCUT2D eigenvalue weighted by atomic mass is 15.4. The van der Waals surface area contributed by atoms with Crippen molar-refractivity contribution in [3.63, 3.8) is 0 Å². The fraction of sp³-hybridized carbons (Fsp3) is 0.619. The van der Waals surface area contributed by atoms with E-state index in [1.807, 2.05) is 29.1 Å². The molecule has 1 aliphatic carbocycles. The summed E-state index contributed by atoms with van der Waals surface area (Å²) in [5.74, 6) is 1.83. The summed E-state index contributed by atoms with van der Waals surface area (Å²) in [5.41, 5.74) is 3.60. The molecule has 0 spiro atoms. The van der Waals surface area contributed by atoms with Gasteiger partial charge in [-0.15, -0.1) is 0 Å². The standard InChI is InChI=1S/C21H31N5/c1-17-21(18(2)26(23-17)20-10-6-7-11-22-20)25-14-12-24(13-15-25)16-19-8-4-3-5-9-19/h6-7,10-11,19H,3-5,8-9,12-16H2,1-2H3. The molecule has 2 aromatic rings. The molecular weight excluding hydrogens is 322 g/mol. The molecule has 0 N–H and O–H groups in total. The average molecular weight is 354 g/mol. The Balaban J connectivity index is 1.42. The Bertz CT molecular complexity index is 710. The minimum Gasteiger partial charge on any atom is -0.366 e. The van der Waals surface area contributed by atoms with Gasteiger partial charge in [0.25, 0.3) is 0 Å². The Hall–Kier alpha value is -1.88. The number of hydrogen-bond acceptors (Lipinski definition) is 4. The van der Waals surface area contributed by atoms with Crippen LogP contribution in [0.2, 0.25) is 0 Å². The van der Waals surface area contributed by atoms with Crippen molar-refractivity contribution in [2.24, 2.45) is 5.92 Å². The lowest BCUT2D eigenvalue weighted by atomic mass is 9.89. The third-order valence-electron chi connectivity index (χ3n) is 6.05. The lowest BCUT2D eigenvalue weighted by Gasteiger charge is -2.38. The van der Waals surface area contributed by atoms with Crippen molar-refractivity contribution in [3.8, 4) is 5.82 Å². The number of pyridine rings is 1. The predicted molar refractivity (Wildman–Crippen MR) is 106 cm³/mol. The molecule has 0 unspecified atom stereocenters. The maximum Gasteiger partial charge on any atom is 0.153 e. The molecule has 0 atom stereocenters. The zero-order valence-electron chi connectivity index (χ0n) is 16.2. The number of piperazine rings is 1. The van der Waals surface area contributed by atoms with Crippen LogP contribution in [0.5, 0.6) is 0 Å². The molecule has 5 heteroatoms. The van der Waals surface area contributed by atoms with E-state index in [4.69, 9.17) is 5.10 Å². The highest BCUT2D eigenvalue weighted by Crippen LogP contribution is 2.28. The first-order valence-corrected chi connectivity index (χ1v) is 10.2. The Morgan fingerprint density at radius 2 is 1.77 bits per heavy atom. The number of nitrogens with zero attached hydrogens (tertiary/aromatic N) is 5. The third-order valence-corrected chi connectivity index (χ3v) is 6.05. The van der Waals surface area contributed by atoms with Crippen LogP contribution in [-0.2, 0) is 0 Å². The summed E-state index contributed by atoms with van der Waals surface area (Å²) in [6.45, 7) is 10.1. The molecule has 5 nitrogen and oxygen atoms in total. The zero-order chi connectivity index (χ0) is 17.9. The topological polar surface area (TPSA) is 37.2 Å². The zero-order valence-corrected chi connectivity index (χ0v) is 16.2. The average Bonchev–Trinajstić information content (AvgIpc) is 2.98. The molecule has 2 aliphatic rings. The van der Waals surface area contributed by atoms with Crippen molar-refractivity contribution < 1.29 is 0 Å². The van der Waals surface area contributed by atoms with Crippen molar-refractivity contribution in [2.45, 2.75) is 46.0 Å². The van der Waals surface area contributed by atoms with Crippen molar-refractivity contribution in [1.29, 1.82) is 0 Å². The summed E-state index contributed by atoms with van der Waals surface area (Å²) in [6, 6.07) is 5.98. The summed E-state index contributed by atoms with van der Waals surface area (Å²) in [4.78, 5) is 9.66. The van der Waals surface area contributed by atoms with Gasteiger partial charge in [-0.25, -0.2) is 9.67 Å². The van der Waals surface area contributed by atoms with Crippen molar-refractivity contribution in [1.82, 2.24) is 19.7 Å². The summed E-state index contributed by atoms with van der Waals surface area (Å²) >= 11 is 0. The van der Waals surface area contributed by atoms with E-state index in [-0.39, 0.29) is 0 Å². The predicted octanol–water partition coefficient (Wildman–Crippen LogP) is 3.59. The molecule has 3 heterocycles. The van der Waals surface area contributed by atoms with Gasteiger partial charge < -0.3 is 4.90 Å². The first-order chi connectivity index (χ1) is 12.7. The van der Waals surface area contributed by atoms with Crippen LogP contribution in [0.4, 0.5) is 5.69 Å². The normalized spacial score (nSPS) is 19.8. The molecule has 0 bridgehead atoms. The second-order valence-corrected chi connectivity index (χ2v) is 7.91. The van der Waals surface area contributed by atoms with Crippen LogP contribution in [0.3, 0.4) is 0 Å². The molecule has 26 heavy (non-hydrogen) atoms. The highest BCUT2D eigenvalue weighted by molar-refractivity contribution is 5.56. The van der Waals surface area contributed by atoms with Crippen LogP contribution in [-0.4, -0.2) is 52.4 Å². The van der Waals surface area contributed by atoms with E-state index in [0.717, 1.165) is 30.5 Å². The van der Waals surface area contributed by atoms with Crippen molar-refractivity contribution in [2.75, 3.05) is 37.6 Å². The van der Waals surface area contributed by atoms with Gasteiger partial charge in [-0.3, -0.25) is 4.90 Å². The molecule has 1 saturated heterocycles. The van der Waals surface area contributed by atoms with E-state index in [9.17, 15) is 0 Å². The third kappa shape index (κ3) is 3.63. The summed E-state index contributed by atoms with van der Waals surface area (Å²) in [6.07, 6.45) is 9.04. The van der Waals surface area contributed by atoms with Crippen molar-refractivity contribution >= 4 is 5.69 Å². The van der Waals surface area contributed by atoms with E-state index >= 15 is 0 Å². The SMILES string of the molecule is Cc1nn(-c2ccccn2)c(C)c1N1CCN(CC2CCCCC2)CC1. The number of rotatable bonds is 4. The lowest BCUT2D eigenvalue weighted by Crippen LogP contribution is -2.48. The van der Waals surface area contributed by atoms with Crippen LogP contribution in [0.1, 0.15) is 43.5 Å². The van der Waals surface area contributed by atoms with Crippen molar-refractivity contribution in [3.05, 3.63) is 35.8 Å². The van der Waals surface area contributed by atoms with Crippen LogP contribution in [0.25, 0.3) is 5.82 Å². The highest BCUT2D eigenvalue weighted by Gasteiger charge is 2.25. The van der Waals surface area contributed by atoms with Crippen LogP contribution in [0.15, 0.2) is 24.4 Å². The van der Waals surface area contributed by atoms with Gasteiger partial charge in [0.1, 0.15) is 0 Å². The van der Waals surface area contributed by atoms with E-state index < -0.39 is 0 Å². The molecule has 2 aromatic heterocycles. The van der Waals surface area contributed by atoms with Gasteiger partial charge in [-0.1, -0.05) is 25.3 Å². The molecule has 0 amide bonds. The molecule has 140 valence electrons. The van der Waals surface area contributed by atoms with Gasteiger partial charge >= 0.3 is 0 Å². The van der Waals surface area contributed by atoms with Crippen LogP contribution in [0, 0.1) is 19.8 Å². The summed E-state index contributed by atoms with van der Waals surface area (Å²) < 4.78 is 1.99. The lowest BCUT2D eigenvalue weighted by molar-refractivity contribution is 0.192. The number of aromatic nitrogens is 3. The molecule has 2 fully saturated rings. The Morgan fingerprint density at radius 1 is 1.00 bits per heavy atom. The summed E-state index contributed by atoms with van der Waals surface area (Å²) in [7, 11) is 0. The molecular formula is C21H31N5. The second kappa shape index (κ2) is 7.78. The van der Waals surface area contributed by atoms with E-state index in [1.54, 1.807) is 0 Å². The van der Waals surface area contributed by atoms with Gasteiger partial charge in [0.15, 0.2) is 5.82 Å². The quantitative estimate of drug-likeness (QED) is 0.842. The molecule has 1 aliphatic heterocycles. The Labute approximate surface area is 157 Å². The Kier molecular flexibility index (Phi) is 5.25. The maximum absolute atomic E-state index is 4.77.